The molecule has 0 bridgehead atoms. The van der Waals surface area contributed by atoms with Gasteiger partial charge in [-0.25, -0.2) is 0 Å². The SMILES string of the molecule is Cc1ccc2c3c(oc2c1)C(C)(C)c1cc(OC[C@@H](O)[C@H](O)CO)ccc1C3=O. The number of ether oxygens (including phenoxy) is 1. The average Bonchev–Trinajstić information content (AvgIpc) is 3.09. The highest BCUT2D eigenvalue weighted by Crippen LogP contribution is 2.46. The highest BCUT2D eigenvalue weighted by Gasteiger charge is 2.41. The number of rotatable bonds is 5. The maximum Gasteiger partial charge on any atom is 0.197 e. The van der Waals surface area contributed by atoms with E-state index in [4.69, 9.17) is 14.3 Å². The van der Waals surface area contributed by atoms with Crippen LogP contribution in [0.4, 0.5) is 0 Å². The average molecular weight is 396 g/mol. The lowest BCUT2D eigenvalue weighted by atomic mass is 9.71. The van der Waals surface area contributed by atoms with Gasteiger partial charge < -0.3 is 24.5 Å². The van der Waals surface area contributed by atoms with Gasteiger partial charge in [0.2, 0.25) is 0 Å². The zero-order valence-electron chi connectivity index (χ0n) is 16.6. The maximum atomic E-state index is 13.3. The molecule has 6 nitrogen and oxygen atoms in total. The molecule has 6 heteroatoms. The lowest BCUT2D eigenvalue weighted by Crippen LogP contribution is -2.34. The molecule has 0 saturated heterocycles. The van der Waals surface area contributed by atoms with Gasteiger partial charge in [0, 0.05) is 16.4 Å². The number of aliphatic hydroxyl groups is 3. The Bertz CT molecular complexity index is 1090. The summed E-state index contributed by atoms with van der Waals surface area (Å²) in [7, 11) is 0. The van der Waals surface area contributed by atoms with E-state index in [9.17, 15) is 15.0 Å². The third-order valence-corrected chi connectivity index (χ3v) is 5.60. The first-order chi connectivity index (χ1) is 13.7. The highest BCUT2D eigenvalue weighted by atomic mass is 16.5. The number of furan rings is 1. The van der Waals surface area contributed by atoms with Gasteiger partial charge in [0.05, 0.1) is 12.2 Å². The number of hydrogen-bond donors (Lipinski definition) is 3. The minimum Gasteiger partial charge on any atom is -0.491 e. The summed E-state index contributed by atoms with van der Waals surface area (Å²) in [4.78, 5) is 13.3. The summed E-state index contributed by atoms with van der Waals surface area (Å²) < 4.78 is 11.7. The summed E-state index contributed by atoms with van der Waals surface area (Å²) in [5.74, 6) is 1.01. The minimum absolute atomic E-state index is 0.0841. The van der Waals surface area contributed by atoms with E-state index in [1.165, 1.54) is 0 Å². The molecule has 0 aliphatic heterocycles. The van der Waals surface area contributed by atoms with Crippen molar-refractivity contribution in [2.24, 2.45) is 0 Å². The number of aryl methyl sites for hydroxylation is 1. The van der Waals surface area contributed by atoms with Crippen LogP contribution in [0, 0.1) is 6.92 Å². The van der Waals surface area contributed by atoms with Gasteiger partial charge in [0.25, 0.3) is 0 Å². The standard InChI is InChI=1S/C23H24O6/c1-12-4-6-15-19(8-12)29-22-20(15)21(27)14-7-5-13(9-16(14)23(22,2)3)28-11-18(26)17(25)10-24/h4-9,17-18,24-26H,10-11H2,1-3H3/t17-,18-/m1/s1. The quantitative estimate of drug-likeness (QED) is 0.613. The van der Waals surface area contributed by atoms with Crippen LogP contribution in [0.2, 0.25) is 0 Å². The van der Waals surface area contributed by atoms with Crippen LogP contribution in [-0.4, -0.2) is 46.5 Å². The fourth-order valence-corrected chi connectivity index (χ4v) is 3.87. The molecule has 0 spiro atoms. The monoisotopic (exact) mass is 396 g/mol. The molecule has 0 radical (unpaired) electrons. The number of carbonyl (C=O) groups is 1. The van der Waals surface area contributed by atoms with Crippen LogP contribution in [0.25, 0.3) is 11.0 Å². The number of carbonyl (C=O) groups excluding carboxylic acids is 1. The Morgan fingerprint density at radius 1 is 1.10 bits per heavy atom. The molecule has 0 unspecified atom stereocenters. The van der Waals surface area contributed by atoms with Gasteiger partial charge in [0.15, 0.2) is 5.78 Å². The zero-order valence-corrected chi connectivity index (χ0v) is 16.6. The van der Waals surface area contributed by atoms with Crippen LogP contribution >= 0.6 is 0 Å². The molecule has 1 aliphatic rings. The van der Waals surface area contributed by atoms with Gasteiger partial charge in [0.1, 0.15) is 35.9 Å². The van der Waals surface area contributed by atoms with Crippen molar-refractivity contribution >= 4 is 16.8 Å². The summed E-state index contributed by atoms with van der Waals surface area (Å²) >= 11 is 0. The minimum atomic E-state index is -1.27. The Hall–Kier alpha value is -2.67. The highest BCUT2D eigenvalue weighted by molar-refractivity contribution is 6.19. The number of fused-ring (bicyclic) bond motifs is 4. The van der Waals surface area contributed by atoms with Gasteiger partial charge in [-0.1, -0.05) is 12.1 Å². The van der Waals surface area contributed by atoms with Gasteiger partial charge in [-0.15, -0.1) is 0 Å². The van der Waals surface area contributed by atoms with E-state index in [1.807, 2.05) is 39.0 Å². The lowest BCUT2D eigenvalue weighted by molar-refractivity contribution is -0.0339. The Kier molecular flexibility index (Phi) is 4.73. The van der Waals surface area contributed by atoms with Gasteiger partial charge in [-0.3, -0.25) is 4.79 Å². The summed E-state index contributed by atoms with van der Waals surface area (Å²) in [6, 6.07) is 11.0. The van der Waals surface area contributed by atoms with Crippen molar-refractivity contribution in [3.05, 3.63) is 64.4 Å². The number of aliphatic hydroxyl groups excluding tert-OH is 3. The van der Waals surface area contributed by atoms with Gasteiger partial charge in [-0.05, 0) is 56.2 Å². The normalized spacial score (nSPS) is 17.0. The lowest BCUT2D eigenvalue weighted by Gasteiger charge is -2.31. The van der Waals surface area contributed by atoms with Crippen molar-refractivity contribution in [2.45, 2.75) is 38.4 Å². The Balaban J connectivity index is 1.74. The molecular formula is C23H24O6. The first-order valence-corrected chi connectivity index (χ1v) is 9.56. The number of ketones is 1. The largest absolute Gasteiger partial charge is 0.491 e. The third-order valence-electron chi connectivity index (χ3n) is 5.60. The number of benzene rings is 2. The predicted molar refractivity (Wildman–Crippen MR) is 108 cm³/mol. The van der Waals surface area contributed by atoms with Gasteiger partial charge in [-0.2, -0.15) is 0 Å². The molecule has 0 fully saturated rings. The third kappa shape index (κ3) is 3.13. The van der Waals surface area contributed by atoms with Crippen molar-refractivity contribution in [3.63, 3.8) is 0 Å². The van der Waals surface area contributed by atoms with Crippen molar-refractivity contribution in [2.75, 3.05) is 13.2 Å². The second-order valence-electron chi connectivity index (χ2n) is 8.10. The van der Waals surface area contributed by atoms with E-state index in [-0.39, 0.29) is 12.4 Å². The van der Waals surface area contributed by atoms with Gasteiger partial charge >= 0.3 is 0 Å². The van der Waals surface area contributed by atoms with E-state index in [0.717, 1.165) is 16.5 Å². The van der Waals surface area contributed by atoms with Crippen molar-refractivity contribution in [1.29, 1.82) is 0 Å². The predicted octanol–water partition coefficient (Wildman–Crippen LogP) is 2.70. The molecule has 2 atom stereocenters. The topological polar surface area (TPSA) is 100 Å². The fourth-order valence-electron chi connectivity index (χ4n) is 3.87. The number of hydrogen-bond acceptors (Lipinski definition) is 6. The first-order valence-electron chi connectivity index (χ1n) is 9.56. The van der Waals surface area contributed by atoms with E-state index in [1.54, 1.807) is 18.2 Å². The molecule has 0 amide bonds. The molecule has 152 valence electrons. The molecular weight excluding hydrogens is 372 g/mol. The van der Waals surface area contributed by atoms with Crippen molar-refractivity contribution < 1.29 is 29.3 Å². The van der Waals surface area contributed by atoms with Crippen LogP contribution in [-0.2, 0) is 5.41 Å². The maximum absolute atomic E-state index is 13.3. The second-order valence-corrected chi connectivity index (χ2v) is 8.10. The summed E-state index contributed by atoms with van der Waals surface area (Å²) in [5, 5.41) is 29.0. The Labute approximate surface area is 168 Å². The molecule has 0 saturated carbocycles. The van der Waals surface area contributed by atoms with Crippen LogP contribution in [0.1, 0.15) is 46.7 Å². The van der Waals surface area contributed by atoms with E-state index in [0.29, 0.717) is 28.2 Å². The van der Waals surface area contributed by atoms with Crippen LogP contribution in [0.15, 0.2) is 40.8 Å². The smallest absolute Gasteiger partial charge is 0.197 e. The molecule has 1 heterocycles. The van der Waals surface area contributed by atoms with Crippen LogP contribution in [0.5, 0.6) is 5.75 Å². The first kappa shape index (κ1) is 19.6. The molecule has 3 N–H and O–H groups in total. The summed E-state index contributed by atoms with van der Waals surface area (Å²) in [6.45, 7) is 5.25. The second kappa shape index (κ2) is 6.99. The molecule has 1 aromatic heterocycles. The van der Waals surface area contributed by atoms with E-state index < -0.39 is 24.2 Å². The van der Waals surface area contributed by atoms with Crippen molar-refractivity contribution in [3.8, 4) is 5.75 Å². The molecule has 29 heavy (non-hydrogen) atoms. The fraction of sp³-hybridized carbons (Fsp3) is 0.348. The molecule has 3 aromatic rings. The van der Waals surface area contributed by atoms with Crippen molar-refractivity contribution in [1.82, 2.24) is 0 Å². The summed E-state index contributed by atoms with van der Waals surface area (Å²) in [6.07, 6.45) is -2.48. The Morgan fingerprint density at radius 3 is 2.59 bits per heavy atom. The zero-order chi connectivity index (χ0) is 20.9. The molecule has 2 aromatic carbocycles. The Morgan fingerprint density at radius 2 is 1.86 bits per heavy atom. The van der Waals surface area contributed by atoms with E-state index >= 15 is 0 Å². The molecule has 4 rings (SSSR count). The van der Waals surface area contributed by atoms with Crippen LogP contribution < -0.4 is 4.74 Å². The van der Waals surface area contributed by atoms with Crippen LogP contribution in [0.3, 0.4) is 0 Å². The van der Waals surface area contributed by atoms with E-state index in [2.05, 4.69) is 0 Å². The molecule has 1 aliphatic carbocycles. The summed E-state index contributed by atoms with van der Waals surface area (Å²) in [5.41, 5.74) is 3.17.